The smallest absolute Gasteiger partial charge is 0.0488 e. The van der Waals surface area contributed by atoms with Crippen LogP contribution in [-0.4, -0.2) is 82.3 Å². The van der Waals surface area contributed by atoms with E-state index in [1.54, 1.807) is 42.7 Å². The summed E-state index contributed by atoms with van der Waals surface area (Å²) >= 11 is 0. The number of methoxy groups -OCH3 is 6. The molecule has 0 N–H and O–H groups in total. The molecule has 1 unspecified atom stereocenters. The molecule has 0 amide bonds. The van der Waals surface area contributed by atoms with Gasteiger partial charge in [-0.15, -0.1) is 0 Å². The molecule has 0 aliphatic heterocycles. The van der Waals surface area contributed by atoms with E-state index in [4.69, 9.17) is 28.4 Å². The molecule has 0 aromatic carbocycles. The Balaban J connectivity index is -0.000000322. The number of hydrogen-bond donors (Lipinski definition) is 0. The summed E-state index contributed by atoms with van der Waals surface area (Å²) in [7, 11) is 10.4. The van der Waals surface area contributed by atoms with Crippen LogP contribution >= 0.6 is 0 Å². The number of rotatable bonds is 16. The molecule has 0 fully saturated rings. The lowest BCUT2D eigenvalue weighted by Gasteiger charge is -2.08. The van der Waals surface area contributed by atoms with Gasteiger partial charge in [0.05, 0.1) is 0 Å². The molecule has 0 aliphatic rings. The Bertz CT molecular complexity index is 215. The van der Waals surface area contributed by atoms with Gasteiger partial charge in [0, 0.05) is 82.3 Å². The van der Waals surface area contributed by atoms with Gasteiger partial charge < -0.3 is 28.4 Å². The highest BCUT2D eigenvalue weighted by molar-refractivity contribution is 4.51. The van der Waals surface area contributed by atoms with Crippen LogP contribution in [0.4, 0.5) is 0 Å². The van der Waals surface area contributed by atoms with Gasteiger partial charge in [0.1, 0.15) is 0 Å². The Morgan fingerprint density at radius 2 is 0.778 bits per heavy atom. The van der Waals surface area contributed by atoms with Crippen molar-refractivity contribution in [3.63, 3.8) is 0 Å². The van der Waals surface area contributed by atoms with E-state index < -0.39 is 0 Å². The average Bonchev–Trinajstić information content (AvgIpc) is 2.67. The predicted octanol–water partition coefficient (Wildman–Crippen LogP) is 4.06. The second-order valence-electron chi connectivity index (χ2n) is 6.70. The molecule has 0 radical (unpaired) electrons. The van der Waals surface area contributed by atoms with E-state index in [2.05, 4.69) is 13.8 Å². The largest absolute Gasteiger partial charge is 0.385 e. The molecule has 0 rings (SSSR count). The van der Waals surface area contributed by atoms with E-state index in [0.717, 1.165) is 77.7 Å². The molecule has 0 spiro atoms. The molecule has 1 atom stereocenters. The van der Waals surface area contributed by atoms with Gasteiger partial charge in [0.25, 0.3) is 0 Å². The molecule has 0 aromatic heterocycles. The normalized spacial score (nSPS) is 11.4. The van der Waals surface area contributed by atoms with Crippen molar-refractivity contribution in [2.75, 3.05) is 82.3 Å². The van der Waals surface area contributed by atoms with Crippen LogP contribution in [0.5, 0.6) is 0 Å². The van der Waals surface area contributed by atoms with Crippen molar-refractivity contribution in [3.8, 4) is 0 Å². The van der Waals surface area contributed by atoms with E-state index in [1.807, 2.05) is 0 Å². The van der Waals surface area contributed by atoms with Crippen LogP contribution in [0.1, 0.15) is 46.0 Å². The Labute approximate surface area is 169 Å². The first-order valence-electron chi connectivity index (χ1n) is 9.97. The van der Waals surface area contributed by atoms with Gasteiger partial charge in [-0.1, -0.05) is 13.8 Å². The monoisotopic (exact) mass is 396 g/mol. The Kier molecular flexibility index (Phi) is 35.5. The number of unbranched alkanes of at least 4 members (excludes halogenated alkanes) is 1. The lowest BCUT2D eigenvalue weighted by Crippen LogP contribution is -2.06. The Morgan fingerprint density at radius 3 is 1.07 bits per heavy atom. The molecule has 6 nitrogen and oxygen atoms in total. The van der Waals surface area contributed by atoms with Gasteiger partial charge in [-0.3, -0.25) is 0 Å². The fraction of sp³-hybridized carbons (Fsp3) is 1.00. The van der Waals surface area contributed by atoms with E-state index in [-0.39, 0.29) is 0 Å². The quantitative estimate of drug-likeness (QED) is 0.367. The fourth-order valence-electron chi connectivity index (χ4n) is 1.96. The van der Waals surface area contributed by atoms with Crippen molar-refractivity contribution in [2.45, 2.75) is 46.0 Å². The Hall–Kier alpha value is -0.240. The third kappa shape index (κ3) is 37.2. The van der Waals surface area contributed by atoms with Gasteiger partial charge in [-0.2, -0.15) is 0 Å². The fourth-order valence-corrected chi connectivity index (χ4v) is 1.96. The summed E-state index contributed by atoms with van der Waals surface area (Å²) in [6.07, 6.45) is 5.57. The summed E-state index contributed by atoms with van der Waals surface area (Å²) in [6, 6.07) is 0. The maximum Gasteiger partial charge on any atom is 0.0488 e. The van der Waals surface area contributed by atoms with E-state index in [1.165, 1.54) is 0 Å². The summed E-state index contributed by atoms with van der Waals surface area (Å²) in [5.74, 6) is 1.34. The van der Waals surface area contributed by atoms with E-state index in [0.29, 0.717) is 5.92 Å². The minimum atomic E-state index is 0.620. The number of hydrogen-bond acceptors (Lipinski definition) is 6. The lowest BCUT2D eigenvalue weighted by molar-refractivity contribution is 0.125. The van der Waals surface area contributed by atoms with Crippen LogP contribution in [-0.2, 0) is 28.4 Å². The standard InChI is InChI=1S/C8H18O2.C7H16O2.C6H14O2/c1-8(4-6-9-2)5-7-10-3;1-7(6-9-3)4-5-8-2;1-7-5-3-4-6-8-2/h8H,4-7H2,1-3H3;7H,4-6H2,1-3H3;3-6H2,1-2H3. The first-order valence-corrected chi connectivity index (χ1v) is 9.97. The van der Waals surface area contributed by atoms with Crippen molar-refractivity contribution in [1.29, 1.82) is 0 Å². The molecule has 27 heavy (non-hydrogen) atoms. The average molecular weight is 397 g/mol. The van der Waals surface area contributed by atoms with Gasteiger partial charge in [-0.25, -0.2) is 0 Å². The third-order valence-electron chi connectivity index (χ3n) is 3.84. The molecule has 0 saturated carbocycles. The summed E-state index contributed by atoms with van der Waals surface area (Å²) < 4.78 is 29.4. The van der Waals surface area contributed by atoms with Gasteiger partial charge >= 0.3 is 0 Å². The molecule has 168 valence electrons. The van der Waals surface area contributed by atoms with Crippen molar-refractivity contribution in [1.82, 2.24) is 0 Å². The van der Waals surface area contributed by atoms with Crippen molar-refractivity contribution >= 4 is 0 Å². The molecular formula is C21H48O6. The van der Waals surface area contributed by atoms with Gasteiger partial charge in [0.2, 0.25) is 0 Å². The highest BCUT2D eigenvalue weighted by Crippen LogP contribution is 2.06. The molecule has 0 aromatic rings. The van der Waals surface area contributed by atoms with E-state index >= 15 is 0 Å². The van der Waals surface area contributed by atoms with Crippen LogP contribution in [0, 0.1) is 11.8 Å². The van der Waals surface area contributed by atoms with Gasteiger partial charge in [-0.05, 0) is 43.9 Å². The van der Waals surface area contributed by atoms with Crippen molar-refractivity contribution in [3.05, 3.63) is 0 Å². The van der Waals surface area contributed by atoms with Crippen LogP contribution in [0.3, 0.4) is 0 Å². The SMILES string of the molecule is COCCC(C)CCOC.COCCC(C)COC.COCCCCOC. The summed E-state index contributed by atoms with van der Waals surface area (Å²) in [6.45, 7) is 9.48. The summed E-state index contributed by atoms with van der Waals surface area (Å²) in [4.78, 5) is 0. The van der Waals surface area contributed by atoms with Crippen molar-refractivity contribution in [2.24, 2.45) is 11.8 Å². The highest BCUT2D eigenvalue weighted by atomic mass is 16.5. The first-order chi connectivity index (χ1) is 13.0. The van der Waals surface area contributed by atoms with Crippen LogP contribution in [0.25, 0.3) is 0 Å². The molecular weight excluding hydrogens is 348 g/mol. The summed E-state index contributed by atoms with van der Waals surface area (Å²) in [5.41, 5.74) is 0. The maximum atomic E-state index is 4.95. The second-order valence-corrected chi connectivity index (χ2v) is 6.70. The topological polar surface area (TPSA) is 55.4 Å². The first kappa shape index (κ1) is 31.5. The number of ether oxygens (including phenoxy) is 6. The zero-order chi connectivity index (χ0) is 21.2. The molecule has 0 heterocycles. The minimum Gasteiger partial charge on any atom is -0.385 e. The maximum absolute atomic E-state index is 4.95. The second kappa shape index (κ2) is 30.5. The molecule has 0 aliphatic carbocycles. The summed E-state index contributed by atoms with van der Waals surface area (Å²) in [5, 5.41) is 0. The third-order valence-corrected chi connectivity index (χ3v) is 3.84. The Morgan fingerprint density at radius 1 is 0.444 bits per heavy atom. The molecule has 0 saturated heterocycles. The van der Waals surface area contributed by atoms with Crippen molar-refractivity contribution < 1.29 is 28.4 Å². The van der Waals surface area contributed by atoms with E-state index in [9.17, 15) is 0 Å². The minimum absolute atomic E-state index is 0.620. The molecule has 0 bridgehead atoms. The highest BCUT2D eigenvalue weighted by Gasteiger charge is 2.00. The van der Waals surface area contributed by atoms with Crippen LogP contribution in [0.15, 0.2) is 0 Å². The van der Waals surface area contributed by atoms with Crippen LogP contribution in [0.2, 0.25) is 0 Å². The zero-order valence-corrected chi connectivity index (χ0v) is 19.4. The zero-order valence-electron chi connectivity index (χ0n) is 19.4. The lowest BCUT2D eigenvalue weighted by atomic mass is 10.1. The van der Waals surface area contributed by atoms with Crippen LogP contribution < -0.4 is 0 Å². The predicted molar refractivity (Wildman–Crippen MR) is 113 cm³/mol. The van der Waals surface area contributed by atoms with Gasteiger partial charge in [0.15, 0.2) is 0 Å². The molecule has 6 heteroatoms.